The van der Waals surface area contributed by atoms with E-state index in [2.05, 4.69) is 15.0 Å². The molecule has 0 spiro atoms. The van der Waals surface area contributed by atoms with Crippen molar-refractivity contribution in [3.05, 3.63) is 71.9 Å². The maximum absolute atomic E-state index is 12.9. The van der Waals surface area contributed by atoms with Crippen molar-refractivity contribution in [1.82, 2.24) is 15.0 Å². The Labute approximate surface area is 189 Å². The van der Waals surface area contributed by atoms with Crippen LogP contribution in [0.25, 0.3) is 10.9 Å². The molecule has 4 rings (SSSR count). The molecule has 1 aliphatic rings. The Bertz CT molecular complexity index is 1200. The lowest BCUT2D eigenvalue weighted by molar-refractivity contribution is -0.126. The van der Waals surface area contributed by atoms with Gasteiger partial charge in [-0.3, -0.25) is 9.78 Å². The highest BCUT2D eigenvalue weighted by atomic mass is 32.2. The van der Waals surface area contributed by atoms with Gasteiger partial charge in [-0.05, 0) is 61.8 Å². The highest BCUT2D eigenvalue weighted by Gasteiger charge is 2.27. The number of para-hydroxylation sites is 1. The quantitative estimate of drug-likeness (QED) is 0.569. The van der Waals surface area contributed by atoms with Gasteiger partial charge in [0.15, 0.2) is 0 Å². The van der Waals surface area contributed by atoms with Crippen LogP contribution in [-0.4, -0.2) is 25.9 Å². The summed E-state index contributed by atoms with van der Waals surface area (Å²) >= 11 is 0. The first-order valence-corrected chi connectivity index (χ1v) is 12.6. The van der Waals surface area contributed by atoms with E-state index in [0.29, 0.717) is 18.6 Å². The van der Waals surface area contributed by atoms with Crippen LogP contribution >= 0.6 is 0 Å². The molecule has 7 heteroatoms. The molecule has 1 saturated carbocycles. The summed E-state index contributed by atoms with van der Waals surface area (Å²) in [6.07, 6.45) is 4.83. The zero-order valence-corrected chi connectivity index (χ0v) is 19.1. The second kappa shape index (κ2) is 9.79. The summed E-state index contributed by atoms with van der Waals surface area (Å²) in [5, 5.41) is 3.86. The Morgan fingerprint density at radius 3 is 2.53 bits per heavy atom. The zero-order chi connectivity index (χ0) is 22.6. The number of fused-ring (bicyclic) bond motifs is 1. The monoisotopic (exact) mass is 451 g/mol. The maximum atomic E-state index is 12.9. The molecular formula is C25H29N3O3S. The molecule has 1 amide bonds. The Balaban J connectivity index is 1.28. The van der Waals surface area contributed by atoms with E-state index in [1.807, 2.05) is 43.3 Å². The number of nitrogens with one attached hydrogen (secondary N) is 2. The van der Waals surface area contributed by atoms with E-state index in [4.69, 9.17) is 0 Å². The lowest BCUT2D eigenvalue weighted by Crippen LogP contribution is -2.36. The summed E-state index contributed by atoms with van der Waals surface area (Å²) < 4.78 is 28.6. The summed E-state index contributed by atoms with van der Waals surface area (Å²) in [5.74, 6) is 0.316. The lowest BCUT2D eigenvalue weighted by Gasteiger charge is -2.28. The Hall–Kier alpha value is -2.77. The van der Waals surface area contributed by atoms with Crippen LogP contribution < -0.4 is 10.0 Å². The van der Waals surface area contributed by atoms with Crippen LogP contribution in [0.3, 0.4) is 0 Å². The number of carbonyl (C=O) groups excluding carboxylic acids is 1. The predicted octanol–water partition coefficient (Wildman–Crippen LogP) is 3.94. The average Bonchev–Trinajstić information content (AvgIpc) is 2.82. The zero-order valence-electron chi connectivity index (χ0n) is 18.3. The third-order valence-corrected chi connectivity index (χ3v) is 7.83. The number of sulfonamides is 1. The number of benzene rings is 2. The van der Waals surface area contributed by atoms with Crippen molar-refractivity contribution in [2.75, 3.05) is 6.54 Å². The molecule has 0 bridgehead atoms. The molecule has 1 aromatic heterocycles. The Kier molecular flexibility index (Phi) is 6.86. The molecule has 0 saturated heterocycles. The second-order valence-electron chi connectivity index (χ2n) is 8.55. The molecule has 2 N–H and O–H groups in total. The largest absolute Gasteiger partial charge is 0.352 e. The molecule has 0 atom stereocenters. The number of hydrogen-bond donors (Lipinski definition) is 2. The second-order valence-corrected chi connectivity index (χ2v) is 10.3. The van der Waals surface area contributed by atoms with Gasteiger partial charge in [0.2, 0.25) is 15.9 Å². The standard InChI is InChI=1S/C25H29N3O3S/c1-18-6-2-3-7-22(18)17-27-25(29)21-13-11-19(12-14-21)16-28-32(30,31)23-10-4-8-20-9-5-15-26-24(20)23/h2-10,15,19,21,28H,11-14,16-17H2,1H3,(H,27,29). The van der Waals surface area contributed by atoms with Crippen molar-refractivity contribution in [2.45, 2.75) is 44.0 Å². The van der Waals surface area contributed by atoms with Gasteiger partial charge in [0.1, 0.15) is 4.90 Å². The molecule has 0 unspecified atom stereocenters. The maximum Gasteiger partial charge on any atom is 0.242 e. The van der Waals surface area contributed by atoms with E-state index in [9.17, 15) is 13.2 Å². The van der Waals surface area contributed by atoms with E-state index < -0.39 is 10.0 Å². The number of aromatic nitrogens is 1. The summed E-state index contributed by atoms with van der Waals surface area (Å²) in [4.78, 5) is 17.0. The normalized spacial score (nSPS) is 19.0. The molecule has 6 nitrogen and oxygen atoms in total. The van der Waals surface area contributed by atoms with Crippen LogP contribution in [0.15, 0.2) is 65.7 Å². The molecule has 1 aliphatic carbocycles. The molecule has 0 aliphatic heterocycles. The fraction of sp³-hybridized carbons (Fsp3) is 0.360. The molecular weight excluding hydrogens is 422 g/mol. The fourth-order valence-electron chi connectivity index (χ4n) is 4.36. The summed E-state index contributed by atoms with van der Waals surface area (Å²) in [7, 11) is -3.65. The van der Waals surface area contributed by atoms with E-state index in [1.165, 1.54) is 5.56 Å². The van der Waals surface area contributed by atoms with Gasteiger partial charge in [0.05, 0.1) is 5.52 Å². The van der Waals surface area contributed by atoms with Crippen LogP contribution in [0.4, 0.5) is 0 Å². The van der Waals surface area contributed by atoms with Crippen molar-refractivity contribution < 1.29 is 13.2 Å². The molecule has 168 valence electrons. The number of hydrogen-bond acceptors (Lipinski definition) is 4. The first kappa shape index (κ1) is 22.4. The number of carbonyl (C=O) groups is 1. The molecule has 1 heterocycles. The number of amides is 1. The van der Waals surface area contributed by atoms with Gasteiger partial charge in [0, 0.05) is 30.6 Å². The number of rotatable bonds is 7. The van der Waals surface area contributed by atoms with Gasteiger partial charge < -0.3 is 5.32 Å². The smallest absolute Gasteiger partial charge is 0.242 e. The lowest BCUT2D eigenvalue weighted by atomic mass is 9.81. The van der Waals surface area contributed by atoms with Crippen LogP contribution in [0.1, 0.15) is 36.8 Å². The van der Waals surface area contributed by atoms with E-state index in [-0.39, 0.29) is 22.6 Å². The van der Waals surface area contributed by atoms with Crippen LogP contribution in [0.2, 0.25) is 0 Å². The number of nitrogens with zero attached hydrogens (tertiary/aromatic N) is 1. The molecule has 32 heavy (non-hydrogen) atoms. The highest BCUT2D eigenvalue weighted by Crippen LogP contribution is 2.29. The van der Waals surface area contributed by atoms with Crippen molar-refractivity contribution in [3.8, 4) is 0 Å². The van der Waals surface area contributed by atoms with Crippen molar-refractivity contribution in [3.63, 3.8) is 0 Å². The first-order chi connectivity index (χ1) is 15.4. The van der Waals surface area contributed by atoms with Crippen LogP contribution in [-0.2, 0) is 21.4 Å². The van der Waals surface area contributed by atoms with Gasteiger partial charge in [-0.25, -0.2) is 13.1 Å². The van der Waals surface area contributed by atoms with Gasteiger partial charge in [-0.15, -0.1) is 0 Å². The molecule has 0 radical (unpaired) electrons. The minimum atomic E-state index is -3.65. The van der Waals surface area contributed by atoms with Gasteiger partial charge in [-0.1, -0.05) is 42.5 Å². The summed E-state index contributed by atoms with van der Waals surface area (Å²) in [5.41, 5.74) is 2.79. The first-order valence-electron chi connectivity index (χ1n) is 11.1. The average molecular weight is 452 g/mol. The van der Waals surface area contributed by atoms with Crippen molar-refractivity contribution in [2.24, 2.45) is 11.8 Å². The van der Waals surface area contributed by atoms with Gasteiger partial charge >= 0.3 is 0 Å². The van der Waals surface area contributed by atoms with Gasteiger partial charge in [0.25, 0.3) is 0 Å². The summed E-state index contributed by atoms with van der Waals surface area (Å²) in [6.45, 7) is 2.97. The molecule has 1 fully saturated rings. The van der Waals surface area contributed by atoms with E-state index in [0.717, 1.165) is 36.6 Å². The third kappa shape index (κ3) is 5.16. The minimum Gasteiger partial charge on any atom is -0.352 e. The van der Waals surface area contributed by atoms with E-state index >= 15 is 0 Å². The third-order valence-electron chi connectivity index (χ3n) is 6.38. The van der Waals surface area contributed by atoms with Crippen LogP contribution in [0.5, 0.6) is 0 Å². The van der Waals surface area contributed by atoms with E-state index in [1.54, 1.807) is 24.4 Å². The van der Waals surface area contributed by atoms with Gasteiger partial charge in [-0.2, -0.15) is 0 Å². The Morgan fingerprint density at radius 1 is 1.00 bits per heavy atom. The molecule has 3 aromatic rings. The topological polar surface area (TPSA) is 88.2 Å². The Morgan fingerprint density at radius 2 is 1.75 bits per heavy atom. The number of aryl methyl sites for hydroxylation is 1. The van der Waals surface area contributed by atoms with Crippen molar-refractivity contribution in [1.29, 1.82) is 0 Å². The predicted molar refractivity (Wildman–Crippen MR) is 125 cm³/mol. The number of pyridine rings is 1. The SMILES string of the molecule is Cc1ccccc1CNC(=O)C1CCC(CNS(=O)(=O)c2cccc3cccnc23)CC1. The van der Waals surface area contributed by atoms with Crippen LogP contribution in [0, 0.1) is 18.8 Å². The summed E-state index contributed by atoms with van der Waals surface area (Å²) in [6, 6.07) is 16.9. The highest BCUT2D eigenvalue weighted by molar-refractivity contribution is 7.89. The minimum absolute atomic E-state index is 0.00542. The fourth-order valence-corrected chi connectivity index (χ4v) is 5.66. The van der Waals surface area contributed by atoms with Crippen molar-refractivity contribution >= 4 is 26.8 Å². The molecule has 2 aromatic carbocycles.